The molecule has 5 atom stereocenters. The van der Waals surface area contributed by atoms with Crippen molar-refractivity contribution >= 4 is 29.5 Å². The lowest BCUT2D eigenvalue weighted by Crippen LogP contribution is -2.54. The molecule has 7 nitrogen and oxygen atoms in total. The SMILES string of the molecule is CC(C)N1CC=C[C@]23S[C@@]4(C)C=CCCOC(=O)[C@H]4[C@H]2C(=O)N(CCCCO)C3C1=O. The van der Waals surface area contributed by atoms with Crippen molar-refractivity contribution in [3.05, 3.63) is 24.3 Å². The van der Waals surface area contributed by atoms with Crippen molar-refractivity contribution < 1.29 is 24.2 Å². The van der Waals surface area contributed by atoms with Gasteiger partial charge in [0.15, 0.2) is 0 Å². The Morgan fingerprint density at radius 3 is 2.65 bits per heavy atom. The van der Waals surface area contributed by atoms with Crippen LogP contribution in [-0.2, 0) is 19.1 Å². The highest BCUT2D eigenvalue weighted by Gasteiger charge is 2.73. The first-order chi connectivity index (χ1) is 14.8. The third-order valence-corrected chi connectivity index (χ3v) is 8.78. The van der Waals surface area contributed by atoms with Crippen molar-refractivity contribution in [2.45, 2.75) is 61.6 Å². The van der Waals surface area contributed by atoms with Gasteiger partial charge in [-0.1, -0.05) is 24.3 Å². The molecule has 0 radical (unpaired) electrons. The number of hydrogen-bond donors (Lipinski definition) is 1. The van der Waals surface area contributed by atoms with Crippen molar-refractivity contribution in [2.24, 2.45) is 11.8 Å². The lowest BCUT2D eigenvalue weighted by molar-refractivity contribution is -0.154. The summed E-state index contributed by atoms with van der Waals surface area (Å²) in [6, 6.07) is -0.664. The van der Waals surface area contributed by atoms with E-state index < -0.39 is 27.4 Å². The van der Waals surface area contributed by atoms with Crippen molar-refractivity contribution in [3.63, 3.8) is 0 Å². The minimum absolute atomic E-state index is 0.00118. The van der Waals surface area contributed by atoms with Gasteiger partial charge in [0.25, 0.3) is 0 Å². The molecule has 4 aliphatic heterocycles. The van der Waals surface area contributed by atoms with Gasteiger partial charge in [0.2, 0.25) is 11.8 Å². The standard InChI is InChI=1S/C23H32N2O5S/c1-15(2)24-12-8-10-23-16(17-21(29)30-14-7-4-9-22(17,3)31-23)19(27)25(11-5-6-13-26)18(23)20(24)28/h4,8-10,15-18,26H,5-7,11-14H2,1-3H3/t16-,17+,18?,22-,23-/m0/s1. The number of aliphatic hydroxyl groups is 1. The topological polar surface area (TPSA) is 87.2 Å². The average Bonchev–Trinajstić information content (AvgIpc) is 3.01. The second-order valence-electron chi connectivity index (χ2n) is 9.30. The Labute approximate surface area is 187 Å². The molecule has 0 saturated carbocycles. The molecular weight excluding hydrogens is 416 g/mol. The first kappa shape index (κ1) is 22.4. The van der Waals surface area contributed by atoms with Crippen LogP contribution in [0.15, 0.2) is 24.3 Å². The molecule has 4 heterocycles. The summed E-state index contributed by atoms with van der Waals surface area (Å²) in [5.41, 5.74) is 0. The summed E-state index contributed by atoms with van der Waals surface area (Å²) < 4.78 is 4.08. The molecule has 2 fully saturated rings. The number of cyclic esters (lactones) is 1. The Kier molecular flexibility index (Phi) is 5.98. The van der Waals surface area contributed by atoms with E-state index in [1.165, 1.54) is 0 Å². The summed E-state index contributed by atoms with van der Waals surface area (Å²) in [7, 11) is 0. The number of thioether (sulfide) groups is 1. The lowest BCUT2D eigenvalue weighted by atomic mass is 9.74. The van der Waals surface area contributed by atoms with E-state index in [-0.39, 0.29) is 30.4 Å². The fourth-order valence-corrected chi connectivity index (χ4v) is 7.76. The van der Waals surface area contributed by atoms with E-state index >= 15 is 0 Å². The number of fused-ring (bicyclic) bond motifs is 2. The van der Waals surface area contributed by atoms with Crippen LogP contribution in [0.2, 0.25) is 0 Å². The summed E-state index contributed by atoms with van der Waals surface area (Å²) in [6.07, 6.45) is 9.88. The maximum atomic E-state index is 13.8. The highest BCUT2D eigenvalue weighted by molar-refractivity contribution is 8.02. The van der Waals surface area contributed by atoms with Crippen molar-refractivity contribution in [1.82, 2.24) is 9.80 Å². The quantitative estimate of drug-likeness (QED) is 0.392. The molecule has 8 heteroatoms. The molecule has 0 aromatic rings. The van der Waals surface area contributed by atoms with Gasteiger partial charge in [0.1, 0.15) is 6.04 Å². The molecule has 1 unspecified atom stereocenters. The van der Waals surface area contributed by atoms with Gasteiger partial charge in [-0.05, 0) is 40.0 Å². The van der Waals surface area contributed by atoms with E-state index in [0.717, 1.165) is 0 Å². The molecular formula is C23H32N2O5S. The van der Waals surface area contributed by atoms with Crippen LogP contribution in [0.4, 0.5) is 0 Å². The van der Waals surface area contributed by atoms with E-state index in [4.69, 9.17) is 4.74 Å². The van der Waals surface area contributed by atoms with Gasteiger partial charge >= 0.3 is 5.97 Å². The Morgan fingerprint density at radius 2 is 1.94 bits per heavy atom. The zero-order valence-corrected chi connectivity index (χ0v) is 19.3. The van der Waals surface area contributed by atoms with Gasteiger partial charge in [-0.2, -0.15) is 0 Å². The minimum Gasteiger partial charge on any atom is -0.465 e. The number of esters is 1. The van der Waals surface area contributed by atoms with Crippen LogP contribution < -0.4 is 0 Å². The zero-order chi connectivity index (χ0) is 22.4. The molecule has 1 N–H and O–H groups in total. The Morgan fingerprint density at radius 1 is 1.16 bits per heavy atom. The van der Waals surface area contributed by atoms with Crippen LogP contribution in [0.1, 0.15) is 40.0 Å². The number of hydrogen-bond acceptors (Lipinski definition) is 6. The number of ether oxygens (including phenoxy) is 1. The predicted molar refractivity (Wildman–Crippen MR) is 118 cm³/mol. The number of carbonyl (C=O) groups is 3. The van der Waals surface area contributed by atoms with Gasteiger partial charge in [-0.3, -0.25) is 14.4 Å². The molecule has 4 aliphatic rings. The summed E-state index contributed by atoms with van der Waals surface area (Å²) in [5, 5.41) is 9.23. The predicted octanol–water partition coefficient (Wildman–Crippen LogP) is 1.76. The van der Waals surface area contributed by atoms with Crippen molar-refractivity contribution in [1.29, 1.82) is 0 Å². The van der Waals surface area contributed by atoms with Crippen LogP contribution in [-0.4, -0.2) is 80.6 Å². The molecule has 0 bridgehead atoms. The van der Waals surface area contributed by atoms with Crippen LogP contribution in [0.25, 0.3) is 0 Å². The van der Waals surface area contributed by atoms with Crippen molar-refractivity contribution in [3.8, 4) is 0 Å². The van der Waals surface area contributed by atoms with E-state index in [1.807, 2.05) is 50.0 Å². The van der Waals surface area contributed by atoms with Crippen LogP contribution in [0.3, 0.4) is 0 Å². The molecule has 0 aromatic carbocycles. The summed E-state index contributed by atoms with van der Waals surface area (Å²) in [6.45, 7) is 7.17. The number of nitrogens with zero attached hydrogens (tertiary/aromatic N) is 2. The molecule has 2 saturated heterocycles. The minimum atomic E-state index is -0.815. The zero-order valence-electron chi connectivity index (χ0n) is 18.5. The van der Waals surface area contributed by atoms with E-state index in [2.05, 4.69) is 0 Å². The second-order valence-corrected chi connectivity index (χ2v) is 11.1. The summed E-state index contributed by atoms with van der Waals surface area (Å²) in [5.74, 6) is -1.86. The Balaban J connectivity index is 1.83. The van der Waals surface area contributed by atoms with Gasteiger partial charge in [0.05, 0.1) is 23.2 Å². The first-order valence-electron chi connectivity index (χ1n) is 11.2. The molecule has 2 amide bonds. The van der Waals surface area contributed by atoms with Crippen LogP contribution in [0.5, 0.6) is 0 Å². The highest BCUT2D eigenvalue weighted by atomic mass is 32.2. The number of aliphatic hydroxyl groups excluding tert-OH is 1. The fourth-order valence-electron chi connectivity index (χ4n) is 5.60. The van der Waals surface area contributed by atoms with E-state index in [9.17, 15) is 19.5 Å². The number of rotatable bonds is 5. The van der Waals surface area contributed by atoms with Crippen LogP contribution in [0, 0.1) is 11.8 Å². The van der Waals surface area contributed by atoms with E-state index in [0.29, 0.717) is 39.0 Å². The van der Waals surface area contributed by atoms with Gasteiger partial charge in [0, 0.05) is 30.5 Å². The van der Waals surface area contributed by atoms with Gasteiger partial charge < -0.3 is 19.6 Å². The Bertz CT molecular complexity index is 827. The average molecular weight is 449 g/mol. The maximum Gasteiger partial charge on any atom is 0.311 e. The maximum absolute atomic E-state index is 13.8. The molecule has 170 valence electrons. The molecule has 31 heavy (non-hydrogen) atoms. The summed E-state index contributed by atoms with van der Waals surface area (Å²) in [4.78, 5) is 44.3. The summed E-state index contributed by atoms with van der Waals surface area (Å²) >= 11 is 1.57. The van der Waals surface area contributed by atoms with E-state index in [1.54, 1.807) is 16.7 Å². The fraction of sp³-hybridized carbons (Fsp3) is 0.696. The monoisotopic (exact) mass is 448 g/mol. The third-order valence-electron chi connectivity index (χ3n) is 6.98. The van der Waals surface area contributed by atoms with Crippen LogP contribution >= 0.6 is 11.8 Å². The molecule has 0 aromatic heterocycles. The normalized spacial score (nSPS) is 37.3. The molecule has 4 rings (SSSR count). The molecule has 1 spiro atoms. The largest absolute Gasteiger partial charge is 0.465 e. The number of likely N-dealkylation sites (tertiary alicyclic amines) is 1. The lowest BCUT2D eigenvalue weighted by Gasteiger charge is -2.38. The third kappa shape index (κ3) is 3.42. The second kappa shape index (κ2) is 8.28. The number of unbranched alkanes of at least 4 members (excludes halogenated alkanes) is 1. The van der Waals surface area contributed by atoms with Gasteiger partial charge in [-0.15, -0.1) is 11.8 Å². The first-order valence-corrected chi connectivity index (χ1v) is 12.0. The van der Waals surface area contributed by atoms with Gasteiger partial charge in [-0.25, -0.2) is 0 Å². The number of carbonyl (C=O) groups excluding carboxylic acids is 3. The Hall–Kier alpha value is -1.80. The highest BCUT2D eigenvalue weighted by Crippen LogP contribution is 2.65. The molecule has 0 aliphatic carbocycles. The smallest absolute Gasteiger partial charge is 0.311 e. The number of amides is 2. The van der Waals surface area contributed by atoms with Crippen molar-refractivity contribution in [2.75, 3.05) is 26.3 Å².